The highest BCUT2D eigenvalue weighted by atomic mass is 16.6. The lowest BCUT2D eigenvalue weighted by Crippen LogP contribution is -2.30. The fourth-order valence-corrected chi connectivity index (χ4v) is 7.99. The summed E-state index contributed by atoms with van der Waals surface area (Å²) in [4.78, 5) is 38.1. The summed E-state index contributed by atoms with van der Waals surface area (Å²) in [6, 6.07) is 0. The van der Waals surface area contributed by atoms with Crippen molar-refractivity contribution in [2.24, 2.45) is 0 Å². The van der Waals surface area contributed by atoms with Gasteiger partial charge in [-0.2, -0.15) is 0 Å². The number of ether oxygens (including phenoxy) is 3. The van der Waals surface area contributed by atoms with Gasteiger partial charge in [-0.25, -0.2) is 0 Å². The van der Waals surface area contributed by atoms with Crippen LogP contribution in [0.15, 0.2) is 48.6 Å². The summed E-state index contributed by atoms with van der Waals surface area (Å²) in [5.74, 6) is -0.890. The van der Waals surface area contributed by atoms with Crippen molar-refractivity contribution in [3.63, 3.8) is 0 Å². The SMILES string of the molecule is CCCCC/C=C\C/C=C\CCCCCCCCCC(=O)OC[C@@H](COC(=O)CCCCCCC/C=C\CCCCCC)OC(=O)CCCCCCCCC/C=C\CCCCCCCC. The van der Waals surface area contributed by atoms with Crippen LogP contribution in [-0.2, 0) is 28.6 Å². The van der Waals surface area contributed by atoms with E-state index in [1.807, 2.05) is 0 Å². The summed E-state index contributed by atoms with van der Waals surface area (Å²) < 4.78 is 16.8. The smallest absolute Gasteiger partial charge is 0.306 e. The summed E-state index contributed by atoms with van der Waals surface area (Å²) in [5.41, 5.74) is 0. The van der Waals surface area contributed by atoms with E-state index in [9.17, 15) is 14.4 Å². The minimum Gasteiger partial charge on any atom is -0.462 e. The molecule has 0 aromatic rings. The Balaban J connectivity index is 4.38. The average Bonchev–Trinajstić information content (AvgIpc) is 3.30. The van der Waals surface area contributed by atoms with Gasteiger partial charge in [-0.05, 0) is 103 Å². The van der Waals surface area contributed by atoms with Crippen LogP contribution in [-0.4, -0.2) is 37.2 Å². The summed E-state index contributed by atoms with van der Waals surface area (Å²) in [6.45, 7) is 6.60. The Bertz CT molecular complexity index is 1140. The third-order valence-electron chi connectivity index (χ3n) is 12.3. The Morgan fingerprint density at radius 3 is 0.908 bits per heavy atom. The maximum Gasteiger partial charge on any atom is 0.306 e. The van der Waals surface area contributed by atoms with Crippen molar-refractivity contribution in [3.05, 3.63) is 48.6 Å². The topological polar surface area (TPSA) is 78.9 Å². The van der Waals surface area contributed by atoms with E-state index in [1.165, 1.54) is 173 Å². The lowest BCUT2D eigenvalue weighted by molar-refractivity contribution is -0.167. The van der Waals surface area contributed by atoms with E-state index in [1.54, 1.807) is 0 Å². The van der Waals surface area contributed by atoms with Crippen LogP contribution < -0.4 is 0 Å². The zero-order valence-electron chi connectivity index (χ0n) is 43.3. The monoisotopic (exact) mass is 911 g/mol. The number of unbranched alkanes of at least 4 members (excludes halogenated alkanes) is 32. The van der Waals surface area contributed by atoms with Crippen molar-refractivity contribution in [1.82, 2.24) is 0 Å². The second-order valence-corrected chi connectivity index (χ2v) is 18.8. The number of carbonyl (C=O) groups is 3. The van der Waals surface area contributed by atoms with Crippen molar-refractivity contribution >= 4 is 17.9 Å². The Morgan fingerprint density at radius 1 is 0.308 bits per heavy atom. The molecular weight excluding hydrogens is 805 g/mol. The fourth-order valence-electron chi connectivity index (χ4n) is 7.99. The molecule has 0 rings (SSSR count). The molecule has 0 amide bonds. The second-order valence-electron chi connectivity index (χ2n) is 18.8. The van der Waals surface area contributed by atoms with Gasteiger partial charge in [0.05, 0.1) is 0 Å². The van der Waals surface area contributed by atoms with Crippen LogP contribution in [0.3, 0.4) is 0 Å². The molecule has 0 spiro atoms. The van der Waals surface area contributed by atoms with Crippen molar-refractivity contribution < 1.29 is 28.6 Å². The largest absolute Gasteiger partial charge is 0.462 e. The first kappa shape index (κ1) is 62.4. The highest BCUT2D eigenvalue weighted by Gasteiger charge is 2.19. The lowest BCUT2D eigenvalue weighted by Gasteiger charge is -2.18. The van der Waals surface area contributed by atoms with Crippen LogP contribution in [0.4, 0.5) is 0 Å². The van der Waals surface area contributed by atoms with E-state index in [0.717, 1.165) is 77.0 Å². The van der Waals surface area contributed by atoms with Gasteiger partial charge < -0.3 is 14.2 Å². The van der Waals surface area contributed by atoms with Crippen LogP contribution in [0.1, 0.15) is 290 Å². The zero-order chi connectivity index (χ0) is 47.2. The highest BCUT2D eigenvalue weighted by molar-refractivity contribution is 5.71. The van der Waals surface area contributed by atoms with E-state index in [-0.39, 0.29) is 31.1 Å². The summed E-state index contributed by atoms with van der Waals surface area (Å²) in [5, 5.41) is 0. The number of carbonyl (C=O) groups excluding carboxylic acids is 3. The van der Waals surface area contributed by atoms with Crippen LogP contribution in [0, 0.1) is 0 Å². The first-order valence-electron chi connectivity index (χ1n) is 28.1. The Morgan fingerprint density at radius 2 is 0.554 bits per heavy atom. The van der Waals surface area contributed by atoms with Gasteiger partial charge >= 0.3 is 17.9 Å². The van der Waals surface area contributed by atoms with Crippen LogP contribution in [0.5, 0.6) is 0 Å². The molecule has 65 heavy (non-hydrogen) atoms. The molecule has 6 heteroatoms. The molecule has 0 fully saturated rings. The van der Waals surface area contributed by atoms with Gasteiger partial charge in [0.15, 0.2) is 6.10 Å². The van der Waals surface area contributed by atoms with Crippen LogP contribution >= 0.6 is 0 Å². The molecule has 0 aromatic carbocycles. The first-order valence-corrected chi connectivity index (χ1v) is 28.1. The summed E-state index contributed by atoms with van der Waals surface area (Å²) >= 11 is 0. The molecule has 0 heterocycles. The molecular formula is C59H106O6. The molecule has 0 saturated carbocycles. The number of hydrogen-bond acceptors (Lipinski definition) is 6. The van der Waals surface area contributed by atoms with Crippen LogP contribution in [0.2, 0.25) is 0 Å². The fraction of sp³-hybridized carbons (Fsp3) is 0.814. The molecule has 0 unspecified atom stereocenters. The number of esters is 3. The van der Waals surface area contributed by atoms with Gasteiger partial charge in [-0.1, -0.05) is 217 Å². The zero-order valence-corrected chi connectivity index (χ0v) is 43.3. The molecule has 6 nitrogen and oxygen atoms in total. The third kappa shape index (κ3) is 52.2. The summed E-state index contributed by atoms with van der Waals surface area (Å²) in [6.07, 6.45) is 65.2. The maximum absolute atomic E-state index is 12.8. The van der Waals surface area contributed by atoms with Gasteiger partial charge in [-0.3, -0.25) is 14.4 Å². The van der Waals surface area contributed by atoms with E-state index in [2.05, 4.69) is 69.4 Å². The molecule has 0 saturated heterocycles. The molecule has 0 aromatic heterocycles. The average molecular weight is 911 g/mol. The molecule has 0 aliphatic carbocycles. The molecule has 0 bridgehead atoms. The first-order chi connectivity index (χ1) is 32.0. The van der Waals surface area contributed by atoms with Gasteiger partial charge in [0.25, 0.3) is 0 Å². The van der Waals surface area contributed by atoms with E-state index < -0.39 is 6.10 Å². The van der Waals surface area contributed by atoms with Crippen LogP contribution in [0.25, 0.3) is 0 Å². The lowest BCUT2D eigenvalue weighted by atomic mass is 10.1. The minimum atomic E-state index is -0.781. The predicted octanol–water partition coefficient (Wildman–Crippen LogP) is 18.7. The number of hydrogen-bond donors (Lipinski definition) is 0. The number of allylic oxidation sites excluding steroid dienone is 8. The molecule has 1 atom stereocenters. The standard InChI is InChI=1S/C59H106O6/c1-4-7-10-13-16-19-22-25-27-29-31-34-37-40-43-46-49-52-58(61)64-55-56(54-63-57(60)51-48-45-42-39-36-33-24-21-18-15-12-9-6-3)65-59(62)53-50-47-44-41-38-35-32-30-28-26-23-20-17-14-11-8-5-2/h16,19,21,24-28,56H,4-15,17-18,20,22-23,29-55H2,1-3H3/b19-16-,24-21-,27-25-,28-26-/t56-/m1/s1. The minimum absolute atomic E-state index is 0.0804. The Kier molecular flexibility index (Phi) is 51.8. The molecule has 0 aliphatic heterocycles. The Labute approximate surface area is 403 Å². The van der Waals surface area contributed by atoms with Crippen molar-refractivity contribution in [2.75, 3.05) is 13.2 Å². The van der Waals surface area contributed by atoms with Gasteiger partial charge in [-0.15, -0.1) is 0 Å². The predicted molar refractivity (Wildman–Crippen MR) is 279 cm³/mol. The van der Waals surface area contributed by atoms with E-state index in [4.69, 9.17) is 14.2 Å². The molecule has 0 aliphatic rings. The van der Waals surface area contributed by atoms with Crippen molar-refractivity contribution in [2.45, 2.75) is 297 Å². The number of rotatable bonds is 51. The van der Waals surface area contributed by atoms with Crippen molar-refractivity contribution in [1.29, 1.82) is 0 Å². The van der Waals surface area contributed by atoms with Crippen molar-refractivity contribution in [3.8, 4) is 0 Å². The normalized spacial score (nSPS) is 12.4. The van der Waals surface area contributed by atoms with Gasteiger partial charge in [0.2, 0.25) is 0 Å². The Hall–Kier alpha value is -2.63. The maximum atomic E-state index is 12.8. The molecule has 0 N–H and O–H groups in total. The van der Waals surface area contributed by atoms with E-state index >= 15 is 0 Å². The molecule has 378 valence electrons. The van der Waals surface area contributed by atoms with E-state index in [0.29, 0.717) is 19.3 Å². The molecule has 0 radical (unpaired) electrons. The highest BCUT2D eigenvalue weighted by Crippen LogP contribution is 2.15. The quantitative estimate of drug-likeness (QED) is 0.0262. The van der Waals surface area contributed by atoms with Gasteiger partial charge in [0.1, 0.15) is 13.2 Å². The second kappa shape index (κ2) is 54.0. The van der Waals surface area contributed by atoms with Gasteiger partial charge in [0, 0.05) is 19.3 Å². The third-order valence-corrected chi connectivity index (χ3v) is 12.3. The summed E-state index contributed by atoms with van der Waals surface area (Å²) in [7, 11) is 0.